The van der Waals surface area contributed by atoms with E-state index in [1.807, 2.05) is 13.0 Å². The Morgan fingerprint density at radius 1 is 1.24 bits per heavy atom. The summed E-state index contributed by atoms with van der Waals surface area (Å²) in [5, 5.41) is 11.0. The van der Waals surface area contributed by atoms with E-state index < -0.39 is 10.7 Å². The van der Waals surface area contributed by atoms with Crippen molar-refractivity contribution in [3.63, 3.8) is 0 Å². The lowest BCUT2D eigenvalue weighted by Gasteiger charge is -2.09. The van der Waals surface area contributed by atoms with Crippen LogP contribution in [0.4, 0.5) is 5.69 Å². The minimum absolute atomic E-state index is 0.0619. The summed E-state index contributed by atoms with van der Waals surface area (Å²) in [6, 6.07) is 11.3. The number of nitro benzene ring substituents is 1. The van der Waals surface area contributed by atoms with E-state index in [2.05, 4.69) is 0 Å². The van der Waals surface area contributed by atoms with Gasteiger partial charge in [0, 0.05) is 18.2 Å². The summed E-state index contributed by atoms with van der Waals surface area (Å²) < 4.78 is 10.7. The zero-order valence-electron chi connectivity index (χ0n) is 14.1. The molecule has 0 aliphatic heterocycles. The van der Waals surface area contributed by atoms with Gasteiger partial charge in [-0.1, -0.05) is 24.3 Å². The summed E-state index contributed by atoms with van der Waals surface area (Å²) in [5.74, 6) is 0.282. The Kier molecular flexibility index (Phi) is 6.42. The third-order valence-electron chi connectivity index (χ3n) is 3.56. The number of ether oxygens (including phenoxy) is 2. The molecule has 0 aromatic heterocycles. The van der Waals surface area contributed by atoms with Crippen LogP contribution in [0, 0.1) is 10.1 Å². The molecule has 0 aliphatic carbocycles. The van der Waals surface area contributed by atoms with E-state index in [0.717, 1.165) is 11.1 Å². The number of para-hydroxylation sites is 1. The van der Waals surface area contributed by atoms with E-state index in [-0.39, 0.29) is 11.3 Å². The first kappa shape index (κ1) is 18.4. The zero-order valence-corrected chi connectivity index (χ0v) is 14.1. The van der Waals surface area contributed by atoms with Gasteiger partial charge in [-0.25, -0.2) is 0 Å². The number of nitro groups is 1. The number of ketones is 1. The first-order valence-corrected chi connectivity index (χ1v) is 7.77. The minimum atomic E-state index is -0.561. The molecule has 0 atom stereocenters. The number of rotatable bonds is 8. The fourth-order valence-corrected chi connectivity index (χ4v) is 2.33. The van der Waals surface area contributed by atoms with Crippen molar-refractivity contribution in [1.29, 1.82) is 0 Å². The molecule has 0 N–H and O–H groups in total. The number of nitrogens with zero attached hydrogens (tertiary/aromatic N) is 1. The second kappa shape index (κ2) is 8.75. The van der Waals surface area contributed by atoms with Crippen molar-refractivity contribution >= 4 is 17.5 Å². The molecule has 0 radical (unpaired) electrons. The van der Waals surface area contributed by atoms with E-state index in [1.165, 1.54) is 24.3 Å². The number of hydrogen-bond acceptors (Lipinski definition) is 5. The molecule has 6 nitrogen and oxygen atoms in total. The molecule has 0 aliphatic rings. The standard InChI is InChI=1S/C19H19NO5/c1-3-25-13-15-12-14(9-11-19(15)24-2)8-10-18(21)16-6-4-5-7-17(16)20(22)23/h4-12H,3,13H2,1-2H3/b10-8+. The van der Waals surface area contributed by atoms with Gasteiger partial charge in [-0.15, -0.1) is 0 Å². The second-order valence-corrected chi connectivity index (χ2v) is 5.18. The van der Waals surface area contributed by atoms with Gasteiger partial charge in [0.05, 0.1) is 24.2 Å². The maximum absolute atomic E-state index is 12.3. The van der Waals surface area contributed by atoms with E-state index in [9.17, 15) is 14.9 Å². The molecule has 2 aromatic rings. The van der Waals surface area contributed by atoms with Crippen molar-refractivity contribution in [2.24, 2.45) is 0 Å². The average Bonchev–Trinajstić information content (AvgIpc) is 2.64. The number of carbonyl (C=O) groups is 1. The molecule has 0 fully saturated rings. The first-order chi connectivity index (χ1) is 12.1. The van der Waals surface area contributed by atoms with Gasteiger partial charge in [0.25, 0.3) is 5.69 Å². The van der Waals surface area contributed by atoms with Crippen LogP contribution in [0.1, 0.15) is 28.4 Å². The van der Waals surface area contributed by atoms with Crippen LogP contribution in [0.3, 0.4) is 0 Å². The highest BCUT2D eigenvalue weighted by atomic mass is 16.6. The fraction of sp³-hybridized carbons (Fsp3) is 0.211. The van der Waals surface area contributed by atoms with Crippen LogP contribution in [-0.4, -0.2) is 24.4 Å². The van der Waals surface area contributed by atoms with Crippen LogP contribution in [0.2, 0.25) is 0 Å². The van der Waals surface area contributed by atoms with E-state index >= 15 is 0 Å². The Balaban J connectivity index is 2.24. The van der Waals surface area contributed by atoms with Crippen molar-refractivity contribution < 1.29 is 19.2 Å². The van der Waals surface area contributed by atoms with Gasteiger partial charge in [-0.2, -0.15) is 0 Å². The van der Waals surface area contributed by atoms with Crippen LogP contribution >= 0.6 is 0 Å². The summed E-state index contributed by atoms with van der Waals surface area (Å²) >= 11 is 0. The monoisotopic (exact) mass is 341 g/mol. The number of benzene rings is 2. The largest absolute Gasteiger partial charge is 0.496 e. The van der Waals surface area contributed by atoms with Gasteiger partial charge in [0.1, 0.15) is 5.75 Å². The van der Waals surface area contributed by atoms with Crippen molar-refractivity contribution in [2.45, 2.75) is 13.5 Å². The lowest BCUT2D eigenvalue weighted by Crippen LogP contribution is -2.00. The highest BCUT2D eigenvalue weighted by Gasteiger charge is 2.16. The number of carbonyl (C=O) groups excluding carboxylic acids is 1. The summed E-state index contributed by atoms with van der Waals surface area (Å²) in [6.45, 7) is 2.89. The van der Waals surface area contributed by atoms with Crippen molar-refractivity contribution in [3.8, 4) is 5.75 Å². The summed E-state index contributed by atoms with van der Waals surface area (Å²) in [4.78, 5) is 22.7. The Hall–Kier alpha value is -2.99. The molecule has 2 aromatic carbocycles. The summed E-state index contributed by atoms with van der Waals surface area (Å²) in [5.41, 5.74) is 1.50. The molecule has 0 saturated heterocycles. The van der Waals surface area contributed by atoms with Crippen molar-refractivity contribution in [1.82, 2.24) is 0 Å². The van der Waals surface area contributed by atoms with Gasteiger partial charge in [-0.05, 0) is 36.8 Å². The lowest BCUT2D eigenvalue weighted by molar-refractivity contribution is -0.385. The highest BCUT2D eigenvalue weighted by Crippen LogP contribution is 2.22. The first-order valence-electron chi connectivity index (χ1n) is 7.77. The quantitative estimate of drug-likeness (QED) is 0.313. The Labute approximate surface area is 145 Å². The van der Waals surface area contributed by atoms with Gasteiger partial charge in [0.2, 0.25) is 0 Å². The van der Waals surface area contributed by atoms with E-state index in [0.29, 0.717) is 19.0 Å². The molecule has 0 saturated carbocycles. The zero-order chi connectivity index (χ0) is 18.2. The maximum Gasteiger partial charge on any atom is 0.280 e. The predicted octanol–water partition coefficient (Wildman–Crippen LogP) is 4.04. The topological polar surface area (TPSA) is 78.7 Å². The molecule has 0 amide bonds. The van der Waals surface area contributed by atoms with Gasteiger partial charge >= 0.3 is 0 Å². The minimum Gasteiger partial charge on any atom is -0.496 e. The molecule has 0 heterocycles. The third kappa shape index (κ3) is 4.74. The molecular formula is C19H19NO5. The smallest absolute Gasteiger partial charge is 0.280 e. The van der Waals surface area contributed by atoms with Crippen LogP contribution in [0.25, 0.3) is 6.08 Å². The highest BCUT2D eigenvalue weighted by molar-refractivity contribution is 6.09. The Morgan fingerprint density at radius 2 is 2.00 bits per heavy atom. The van der Waals surface area contributed by atoms with E-state index in [4.69, 9.17) is 9.47 Å². The maximum atomic E-state index is 12.3. The molecule has 2 rings (SSSR count). The number of allylic oxidation sites excluding steroid dienone is 1. The van der Waals surface area contributed by atoms with Crippen LogP contribution in [0.15, 0.2) is 48.5 Å². The lowest BCUT2D eigenvalue weighted by atomic mass is 10.1. The van der Waals surface area contributed by atoms with E-state index in [1.54, 1.807) is 31.4 Å². The molecule has 0 spiro atoms. The summed E-state index contributed by atoms with van der Waals surface area (Å²) in [6.07, 6.45) is 2.95. The predicted molar refractivity (Wildman–Crippen MR) is 94.8 cm³/mol. The van der Waals surface area contributed by atoms with Crippen LogP contribution in [0.5, 0.6) is 5.75 Å². The number of hydrogen-bond donors (Lipinski definition) is 0. The second-order valence-electron chi connectivity index (χ2n) is 5.18. The average molecular weight is 341 g/mol. The third-order valence-corrected chi connectivity index (χ3v) is 3.56. The molecule has 25 heavy (non-hydrogen) atoms. The van der Waals surface area contributed by atoms with Gasteiger partial charge < -0.3 is 9.47 Å². The number of methoxy groups -OCH3 is 1. The molecule has 130 valence electrons. The molecular weight excluding hydrogens is 322 g/mol. The van der Waals surface area contributed by atoms with Crippen molar-refractivity contribution in [2.75, 3.05) is 13.7 Å². The SMILES string of the molecule is CCOCc1cc(/C=C/C(=O)c2ccccc2[N+](=O)[O-])ccc1OC. The van der Waals surface area contributed by atoms with Crippen LogP contribution in [-0.2, 0) is 11.3 Å². The Bertz CT molecular complexity index is 798. The van der Waals surface area contributed by atoms with Crippen LogP contribution < -0.4 is 4.74 Å². The summed E-state index contributed by atoms with van der Waals surface area (Å²) in [7, 11) is 1.58. The van der Waals surface area contributed by atoms with Gasteiger partial charge in [-0.3, -0.25) is 14.9 Å². The van der Waals surface area contributed by atoms with Crippen molar-refractivity contribution in [3.05, 3.63) is 75.3 Å². The Morgan fingerprint density at radius 3 is 2.68 bits per heavy atom. The normalized spacial score (nSPS) is 10.8. The van der Waals surface area contributed by atoms with Gasteiger partial charge in [0.15, 0.2) is 5.78 Å². The molecule has 0 unspecified atom stereocenters. The molecule has 0 bridgehead atoms. The molecule has 6 heteroatoms. The fourth-order valence-electron chi connectivity index (χ4n) is 2.33.